The predicted molar refractivity (Wildman–Crippen MR) is 78.0 cm³/mol. The Labute approximate surface area is 125 Å². The number of aromatic nitrogens is 1. The van der Waals surface area contributed by atoms with Crippen LogP contribution in [0.5, 0.6) is 0 Å². The average Bonchev–Trinajstić information content (AvgIpc) is 2.42. The minimum Gasteiger partial charge on any atom is -0.319 e. The second-order valence-corrected chi connectivity index (χ2v) is 4.93. The molecular formula is C14H11Cl2FN2O. The average molecular weight is 313 g/mol. The number of benzene rings is 1. The van der Waals surface area contributed by atoms with Crippen molar-refractivity contribution in [2.75, 3.05) is 5.32 Å². The second kappa shape index (κ2) is 6.20. The van der Waals surface area contributed by atoms with E-state index in [4.69, 9.17) is 23.2 Å². The van der Waals surface area contributed by atoms with Crippen molar-refractivity contribution in [3.8, 4) is 0 Å². The lowest BCUT2D eigenvalue weighted by Gasteiger charge is -2.08. The molecule has 0 atom stereocenters. The van der Waals surface area contributed by atoms with Crippen LogP contribution in [0.1, 0.15) is 23.0 Å². The lowest BCUT2D eigenvalue weighted by molar-refractivity contribution is 0.102. The number of rotatable bonds is 3. The van der Waals surface area contributed by atoms with Crippen molar-refractivity contribution in [1.29, 1.82) is 0 Å². The van der Waals surface area contributed by atoms with Crippen LogP contribution in [0, 0.1) is 5.82 Å². The summed E-state index contributed by atoms with van der Waals surface area (Å²) in [5.74, 6) is -1.02. The molecule has 6 heteroatoms. The highest BCUT2D eigenvalue weighted by Crippen LogP contribution is 2.21. The summed E-state index contributed by atoms with van der Waals surface area (Å²) in [7, 11) is 0. The minimum atomic E-state index is -0.557. The van der Waals surface area contributed by atoms with Gasteiger partial charge in [0.05, 0.1) is 5.69 Å². The van der Waals surface area contributed by atoms with E-state index in [9.17, 15) is 9.18 Å². The van der Waals surface area contributed by atoms with E-state index in [-0.39, 0.29) is 10.8 Å². The number of nitrogens with zero attached hydrogens (tertiary/aromatic N) is 1. The lowest BCUT2D eigenvalue weighted by Crippen LogP contribution is -2.13. The maximum atomic E-state index is 13.6. The summed E-state index contributed by atoms with van der Waals surface area (Å²) in [6, 6.07) is 6.99. The number of carbonyl (C=O) groups is 1. The van der Waals surface area contributed by atoms with Crippen LogP contribution in [-0.4, -0.2) is 10.9 Å². The monoisotopic (exact) mass is 312 g/mol. The molecule has 0 aliphatic rings. The highest BCUT2D eigenvalue weighted by molar-refractivity contribution is 6.31. The molecule has 1 heterocycles. The smallest absolute Gasteiger partial charge is 0.255 e. The van der Waals surface area contributed by atoms with Crippen molar-refractivity contribution >= 4 is 34.8 Å². The molecule has 104 valence electrons. The summed E-state index contributed by atoms with van der Waals surface area (Å²) in [6.07, 6.45) is 0.645. The number of hydrogen-bond donors (Lipinski definition) is 1. The van der Waals surface area contributed by atoms with Crippen LogP contribution in [0.15, 0.2) is 30.3 Å². The van der Waals surface area contributed by atoms with Crippen molar-refractivity contribution in [3.05, 3.63) is 57.6 Å². The Bertz CT molecular complexity index is 662. The Kier molecular flexibility index (Phi) is 4.57. The van der Waals surface area contributed by atoms with Crippen LogP contribution >= 0.6 is 23.2 Å². The van der Waals surface area contributed by atoms with E-state index in [1.54, 1.807) is 6.07 Å². The quantitative estimate of drug-likeness (QED) is 0.856. The Morgan fingerprint density at radius 1 is 1.30 bits per heavy atom. The molecular weight excluding hydrogens is 302 g/mol. The van der Waals surface area contributed by atoms with Gasteiger partial charge in [0.15, 0.2) is 0 Å². The third-order valence-electron chi connectivity index (χ3n) is 2.65. The largest absolute Gasteiger partial charge is 0.319 e. The van der Waals surface area contributed by atoms with Crippen LogP contribution in [0.25, 0.3) is 0 Å². The predicted octanol–water partition coefficient (Wildman–Crippen LogP) is 4.34. The maximum Gasteiger partial charge on any atom is 0.255 e. The fraction of sp³-hybridized carbons (Fsp3) is 0.143. The first kappa shape index (κ1) is 14.8. The fourth-order valence-corrected chi connectivity index (χ4v) is 2.05. The van der Waals surface area contributed by atoms with Crippen LogP contribution in [0.4, 0.5) is 10.1 Å². The Balaban J connectivity index is 2.28. The molecule has 2 aromatic rings. The molecule has 0 spiro atoms. The molecule has 0 aliphatic carbocycles. The number of halogens is 3. The normalized spacial score (nSPS) is 10.4. The molecule has 2 rings (SSSR count). The molecule has 0 bridgehead atoms. The third kappa shape index (κ3) is 3.46. The van der Waals surface area contributed by atoms with Gasteiger partial charge in [-0.3, -0.25) is 4.79 Å². The molecule has 3 nitrogen and oxygen atoms in total. The van der Waals surface area contributed by atoms with E-state index in [1.807, 2.05) is 6.92 Å². The maximum absolute atomic E-state index is 13.6. The Hall–Kier alpha value is -1.65. The van der Waals surface area contributed by atoms with Gasteiger partial charge in [0.2, 0.25) is 0 Å². The molecule has 0 aliphatic heterocycles. The van der Waals surface area contributed by atoms with Gasteiger partial charge in [0, 0.05) is 16.3 Å². The lowest BCUT2D eigenvalue weighted by atomic mass is 10.2. The molecule has 1 N–H and O–H groups in total. The fourth-order valence-electron chi connectivity index (χ4n) is 1.65. The van der Waals surface area contributed by atoms with Gasteiger partial charge in [-0.2, -0.15) is 0 Å². The number of carbonyl (C=O) groups excluding carboxylic acids is 1. The molecule has 1 aromatic heterocycles. The zero-order chi connectivity index (χ0) is 14.7. The van der Waals surface area contributed by atoms with Crippen LogP contribution in [0.3, 0.4) is 0 Å². The first-order valence-electron chi connectivity index (χ1n) is 5.92. The molecule has 1 amide bonds. The van der Waals surface area contributed by atoms with E-state index in [0.717, 1.165) is 0 Å². The Morgan fingerprint density at radius 2 is 2.05 bits per heavy atom. The van der Waals surface area contributed by atoms with Gasteiger partial charge in [-0.15, -0.1) is 0 Å². The van der Waals surface area contributed by atoms with E-state index < -0.39 is 11.7 Å². The second-order valence-electron chi connectivity index (χ2n) is 4.10. The van der Waals surface area contributed by atoms with Crippen LogP contribution < -0.4 is 5.32 Å². The Morgan fingerprint density at radius 3 is 2.75 bits per heavy atom. The van der Waals surface area contributed by atoms with Gasteiger partial charge in [0.1, 0.15) is 11.0 Å². The molecule has 0 radical (unpaired) electrons. The van der Waals surface area contributed by atoms with Crippen molar-refractivity contribution in [2.24, 2.45) is 0 Å². The number of pyridine rings is 1. The highest BCUT2D eigenvalue weighted by atomic mass is 35.5. The van der Waals surface area contributed by atoms with Crippen molar-refractivity contribution in [2.45, 2.75) is 13.3 Å². The number of anilines is 1. The van der Waals surface area contributed by atoms with Gasteiger partial charge in [-0.25, -0.2) is 9.37 Å². The first-order valence-corrected chi connectivity index (χ1v) is 6.68. The molecule has 20 heavy (non-hydrogen) atoms. The van der Waals surface area contributed by atoms with Gasteiger partial charge < -0.3 is 5.32 Å². The summed E-state index contributed by atoms with van der Waals surface area (Å²) in [6.45, 7) is 1.90. The topological polar surface area (TPSA) is 42.0 Å². The number of aryl methyl sites for hydroxylation is 1. The van der Waals surface area contributed by atoms with E-state index in [0.29, 0.717) is 22.7 Å². The standard InChI is InChI=1S/C14H11Cl2FN2O/c1-2-10-5-8(6-13(16)18-10)14(20)19-12-7-9(15)3-4-11(12)17/h3-7H,2H2,1H3,(H,19,20). The van der Waals surface area contributed by atoms with Crippen molar-refractivity contribution in [3.63, 3.8) is 0 Å². The van der Waals surface area contributed by atoms with E-state index >= 15 is 0 Å². The summed E-state index contributed by atoms with van der Waals surface area (Å²) in [5.41, 5.74) is 1.03. The zero-order valence-electron chi connectivity index (χ0n) is 10.6. The van der Waals surface area contributed by atoms with E-state index in [2.05, 4.69) is 10.3 Å². The van der Waals surface area contributed by atoms with Crippen LogP contribution in [-0.2, 0) is 6.42 Å². The van der Waals surface area contributed by atoms with Gasteiger partial charge in [0.25, 0.3) is 5.91 Å². The first-order chi connectivity index (χ1) is 9.49. The molecule has 0 unspecified atom stereocenters. The number of nitrogens with one attached hydrogen (secondary N) is 1. The zero-order valence-corrected chi connectivity index (χ0v) is 12.1. The number of amides is 1. The molecule has 0 saturated carbocycles. The van der Waals surface area contributed by atoms with Crippen LogP contribution in [0.2, 0.25) is 10.2 Å². The molecule has 0 fully saturated rings. The minimum absolute atomic E-state index is 0.0217. The third-order valence-corrected chi connectivity index (χ3v) is 3.08. The van der Waals surface area contributed by atoms with Gasteiger partial charge in [-0.05, 0) is 36.8 Å². The van der Waals surface area contributed by atoms with E-state index in [1.165, 1.54) is 24.3 Å². The SMILES string of the molecule is CCc1cc(C(=O)Nc2cc(Cl)ccc2F)cc(Cl)n1. The highest BCUT2D eigenvalue weighted by Gasteiger charge is 2.12. The van der Waals surface area contributed by atoms with Crippen molar-refractivity contribution in [1.82, 2.24) is 4.98 Å². The molecule has 1 aromatic carbocycles. The summed E-state index contributed by atoms with van der Waals surface area (Å²) in [5, 5.41) is 3.02. The van der Waals surface area contributed by atoms with Gasteiger partial charge in [-0.1, -0.05) is 30.1 Å². The summed E-state index contributed by atoms with van der Waals surface area (Å²) in [4.78, 5) is 16.2. The van der Waals surface area contributed by atoms with Gasteiger partial charge >= 0.3 is 0 Å². The number of hydrogen-bond acceptors (Lipinski definition) is 2. The van der Waals surface area contributed by atoms with Crippen molar-refractivity contribution < 1.29 is 9.18 Å². The molecule has 0 saturated heterocycles. The summed E-state index contributed by atoms with van der Waals surface area (Å²) >= 11 is 11.6. The summed E-state index contributed by atoms with van der Waals surface area (Å²) < 4.78 is 13.6.